The molecule has 9 rings (SSSR count). The average Bonchev–Trinajstić information content (AvgIpc) is 3.71. The minimum absolute atomic E-state index is 0.954. The standard InChI is InChI=1S/C43H29N3/c1-3-9-30(10-4-1)35-20-24-41-38(27-35)39-28-36(31-11-5-2-6-12-31)21-25-42(39)46(41)37-22-18-33(19-23-37)32-14-16-34(17-15-32)40-29-45-26-8-7-13-43(45)44-40/h1-29H. The lowest BCUT2D eigenvalue weighted by molar-refractivity contribution is 1.18. The highest BCUT2D eigenvalue weighted by Crippen LogP contribution is 2.37. The number of rotatable bonds is 5. The van der Waals surface area contributed by atoms with Crippen molar-refractivity contribution in [2.45, 2.75) is 0 Å². The van der Waals surface area contributed by atoms with Crippen LogP contribution in [-0.4, -0.2) is 14.0 Å². The van der Waals surface area contributed by atoms with Gasteiger partial charge in [0.05, 0.1) is 16.7 Å². The lowest BCUT2D eigenvalue weighted by Crippen LogP contribution is -1.94. The van der Waals surface area contributed by atoms with Gasteiger partial charge in [0.15, 0.2) is 0 Å². The molecule has 0 saturated heterocycles. The van der Waals surface area contributed by atoms with Gasteiger partial charge in [0.1, 0.15) is 5.65 Å². The molecule has 46 heavy (non-hydrogen) atoms. The van der Waals surface area contributed by atoms with Crippen LogP contribution in [-0.2, 0) is 0 Å². The Bertz CT molecular complexity index is 2360. The van der Waals surface area contributed by atoms with E-state index in [0.29, 0.717) is 0 Å². The molecule has 3 heteroatoms. The molecule has 0 unspecified atom stereocenters. The number of aromatic nitrogens is 3. The molecule has 0 bridgehead atoms. The monoisotopic (exact) mass is 587 g/mol. The molecular formula is C43H29N3. The van der Waals surface area contributed by atoms with E-state index in [-0.39, 0.29) is 0 Å². The molecule has 0 saturated carbocycles. The molecule has 3 heterocycles. The Morgan fingerprint density at radius 1 is 0.391 bits per heavy atom. The van der Waals surface area contributed by atoms with Crippen molar-refractivity contribution in [3.8, 4) is 50.3 Å². The van der Waals surface area contributed by atoms with Crippen LogP contribution in [0.3, 0.4) is 0 Å². The SMILES string of the molecule is c1ccc(-c2ccc3c(c2)c2cc(-c4ccccc4)ccc2n3-c2ccc(-c3ccc(-c4cn5ccccc5n4)cc3)cc2)cc1. The molecule has 0 amide bonds. The molecule has 216 valence electrons. The van der Waals surface area contributed by atoms with E-state index in [1.54, 1.807) is 0 Å². The second kappa shape index (κ2) is 10.8. The summed E-state index contributed by atoms with van der Waals surface area (Å²) in [5.74, 6) is 0. The summed E-state index contributed by atoms with van der Waals surface area (Å²) in [5.41, 5.74) is 13.8. The van der Waals surface area contributed by atoms with Gasteiger partial charge >= 0.3 is 0 Å². The molecule has 0 aliphatic rings. The van der Waals surface area contributed by atoms with Gasteiger partial charge in [0.25, 0.3) is 0 Å². The molecule has 3 nitrogen and oxygen atoms in total. The third-order valence-corrected chi connectivity index (χ3v) is 8.98. The fourth-order valence-electron chi connectivity index (χ4n) is 6.63. The Balaban J connectivity index is 1.12. The van der Waals surface area contributed by atoms with Gasteiger partial charge in [-0.2, -0.15) is 0 Å². The molecule has 6 aromatic carbocycles. The van der Waals surface area contributed by atoms with Crippen LogP contribution >= 0.6 is 0 Å². The number of fused-ring (bicyclic) bond motifs is 4. The predicted molar refractivity (Wildman–Crippen MR) is 191 cm³/mol. The molecule has 9 aromatic rings. The lowest BCUT2D eigenvalue weighted by Gasteiger charge is -2.10. The third kappa shape index (κ3) is 4.49. The number of imidazole rings is 1. The van der Waals surface area contributed by atoms with Gasteiger partial charge in [-0.3, -0.25) is 0 Å². The Hall–Kier alpha value is -6.19. The van der Waals surface area contributed by atoms with Gasteiger partial charge in [-0.15, -0.1) is 0 Å². The number of hydrogen-bond donors (Lipinski definition) is 0. The van der Waals surface area contributed by atoms with Crippen LogP contribution in [0.4, 0.5) is 0 Å². The summed E-state index contributed by atoms with van der Waals surface area (Å²) >= 11 is 0. The van der Waals surface area contributed by atoms with Crippen LogP contribution in [0.1, 0.15) is 0 Å². The molecule has 0 aliphatic heterocycles. The zero-order valence-electron chi connectivity index (χ0n) is 25.1. The summed E-state index contributed by atoms with van der Waals surface area (Å²) in [6.45, 7) is 0. The third-order valence-electron chi connectivity index (χ3n) is 8.98. The average molecular weight is 588 g/mol. The fraction of sp³-hybridized carbons (Fsp3) is 0. The largest absolute Gasteiger partial charge is 0.309 e. The molecule has 0 N–H and O–H groups in total. The zero-order valence-corrected chi connectivity index (χ0v) is 25.1. The maximum atomic E-state index is 4.78. The lowest BCUT2D eigenvalue weighted by atomic mass is 10.0. The first kappa shape index (κ1) is 26.2. The van der Waals surface area contributed by atoms with Crippen LogP contribution in [0.25, 0.3) is 77.8 Å². The number of hydrogen-bond acceptors (Lipinski definition) is 1. The fourth-order valence-corrected chi connectivity index (χ4v) is 6.63. The summed E-state index contributed by atoms with van der Waals surface area (Å²) in [7, 11) is 0. The molecule has 0 aliphatic carbocycles. The smallest absolute Gasteiger partial charge is 0.137 e. The van der Waals surface area contributed by atoms with Gasteiger partial charge in [-0.05, 0) is 81.9 Å². The topological polar surface area (TPSA) is 22.2 Å². The highest BCUT2D eigenvalue weighted by Gasteiger charge is 2.15. The van der Waals surface area contributed by atoms with Crippen molar-refractivity contribution in [3.05, 3.63) is 176 Å². The quantitative estimate of drug-likeness (QED) is 0.196. The van der Waals surface area contributed by atoms with Crippen LogP contribution < -0.4 is 0 Å². The molecule has 3 aromatic heterocycles. The van der Waals surface area contributed by atoms with E-state index >= 15 is 0 Å². The first-order chi connectivity index (χ1) is 22.8. The van der Waals surface area contributed by atoms with Crippen LogP contribution in [0, 0.1) is 0 Å². The molecular weight excluding hydrogens is 558 g/mol. The first-order valence-electron chi connectivity index (χ1n) is 15.6. The molecule has 0 spiro atoms. The van der Waals surface area contributed by atoms with Gasteiger partial charge in [-0.25, -0.2) is 4.98 Å². The zero-order chi connectivity index (χ0) is 30.5. The van der Waals surface area contributed by atoms with E-state index in [4.69, 9.17) is 4.98 Å². The van der Waals surface area contributed by atoms with E-state index in [1.165, 1.54) is 55.2 Å². The Kier molecular flexibility index (Phi) is 6.14. The Morgan fingerprint density at radius 2 is 0.870 bits per heavy atom. The van der Waals surface area contributed by atoms with Crippen molar-refractivity contribution in [2.75, 3.05) is 0 Å². The number of nitrogens with zero attached hydrogens (tertiary/aromatic N) is 3. The number of benzene rings is 6. The predicted octanol–water partition coefficient (Wildman–Crippen LogP) is 11.1. The molecule has 0 fully saturated rings. The maximum absolute atomic E-state index is 4.78. The summed E-state index contributed by atoms with van der Waals surface area (Å²) in [4.78, 5) is 4.78. The van der Waals surface area contributed by atoms with E-state index in [9.17, 15) is 0 Å². The van der Waals surface area contributed by atoms with Gasteiger partial charge < -0.3 is 8.97 Å². The van der Waals surface area contributed by atoms with E-state index < -0.39 is 0 Å². The van der Waals surface area contributed by atoms with Crippen molar-refractivity contribution in [1.29, 1.82) is 0 Å². The van der Waals surface area contributed by atoms with Crippen molar-refractivity contribution in [2.24, 2.45) is 0 Å². The van der Waals surface area contributed by atoms with Crippen molar-refractivity contribution in [1.82, 2.24) is 14.0 Å². The minimum Gasteiger partial charge on any atom is -0.309 e. The van der Waals surface area contributed by atoms with Crippen LogP contribution in [0.2, 0.25) is 0 Å². The Labute approximate surface area is 267 Å². The van der Waals surface area contributed by atoms with E-state index in [2.05, 4.69) is 161 Å². The van der Waals surface area contributed by atoms with E-state index in [0.717, 1.165) is 22.6 Å². The van der Waals surface area contributed by atoms with Gasteiger partial charge in [0, 0.05) is 34.4 Å². The highest BCUT2D eigenvalue weighted by atomic mass is 15.0. The van der Waals surface area contributed by atoms with E-state index in [1.807, 2.05) is 24.4 Å². The summed E-state index contributed by atoms with van der Waals surface area (Å²) < 4.78 is 4.45. The summed E-state index contributed by atoms with van der Waals surface area (Å²) in [6.07, 6.45) is 4.11. The maximum Gasteiger partial charge on any atom is 0.137 e. The van der Waals surface area contributed by atoms with Crippen LogP contribution in [0.15, 0.2) is 176 Å². The molecule has 0 radical (unpaired) electrons. The molecule has 0 atom stereocenters. The summed E-state index contributed by atoms with van der Waals surface area (Å²) in [5, 5.41) is 2.50. The first-order valence-corrected chi connectivity index (χ1v) is 15.6. The van der Waals surface area contributed by atoms with Crippen LogP contribution in [0.5, 0.6) is 0 Å². The minimum atomic E-state index is 0.954. The van der Waals surface area contributed by atoms with Gasteiger partial charge in [0.2, 0.25) is 0 Å². The second-order valence-corrected chi connectivity index (χ2v) is 11.7. The van der Waals surface area contributed by atoms with Crippen molar-refractivity contribution >= 4 is 27.5 Å². The van der Waals surface area contributed by atoms with Gasteiger partial charge in [-0.1, -0.05) is 115 Å². The Morgan fingerprint density at radius 3 is 1.43 bits per heavy atom. The summed E-state index contributed by atoms with van der Waals surface area (Å²) in [6, 6.07) is 58.7. The normalized spacial score (nSPS) is 11.5. The number of pyridine rings is 1. The van der Waals surface area contributed by atoms with Crippen molar-refractivity contribution < 1.29 is 0 Å². The van der Waals surface area contributed by atoms with Crippen molar-refractivity contribution in [3.63, 3.8) is 0 Å². The highest BCUT2D eigenvalue weighted by molar-refractivity contribution is 6.11. The second-order valence-electron chi connectivity index (χ2n) is 11.7.